The third kappa shape index (κ3) is 4.18. The number of hydrogen-bond donors (Lipinski definition) is 2. The summed E-state index contributed by atoms with van der Waals surface area (Å²) in [7, 11) is 1.60. The quantitative estimate of drug-likeness (QED) is 0.855. The number of carbonyl (C=O) groups excluding carboxylic acids is 1. The van der Waals surface area contributed by atoms with E-state index in [-0.39, 0.29) is 17.6 Å². The molecule has 0 saturated carbocycles. The molecule has 2 N–H and O–H groups in total. The molecule has 6 nitrogen and oxygen atoms in total. The van der Waals surface area contributed by atoms with E-state index in [1.807, 2.05) is 38.1 Å². The van der Waals surface area contributed by atoms with Crippen LogP contribution in [0.1, 0.15) is 29.9 Å². The Morgan fingerprint density at radius 1 is 1.18 bits per heavy atom. The molecule has 116 valence electrons. The average Bonchev–Trinajstić information content (AvgIpc) is 2.53. The maximum absolute atomic E-state index is 12.1. The lowest BCUT2D eigenvalue weighted by atomic mass is 10.2. The van der Waals surface area contributed by atoms with Gasteiger partial charge in [-0.1, -0.05) is 18.2 Å². The largest absolute Gasteiger partial charge is 0.496 e. The van der Waals surface area contributed by atoms with Gasteiger partial charge in [-0.2, -0.15) is 0 Å². The molecule has 0 aliphatic carbocycles. The second-order valence-electron chi connectivity index (χ2n) is 5.10. The van der Waals surface area contributed by atoms with E-state index in [9.17, 15) is 4.79 Å². The fraction of sp³-hybridized carbons (Fsp3) is 0.312. The Balaban J connectivity index is 1.97. The van der Waals surface area contributed by atoms with Crippen LogP contribution in [-0.4, -0.2) is 29.3 Å². The van der Waals surface area contributed by atoms with Crippen LogP contribution >= 0.6 is 0 Å². The maximum atomic E-state index is 12.1. The first-order valence-electron chi connectivity index (χ1n) is 7.10. The van der Waals surface area contributed by atoms with Gasteiger partial charge in [-0.25, -0.2) is 0 Å². The van der Waals surface area contributed by atoms with Crippen LogP contribution in [0.4, 0.5) is 5.82 Å². The summed E-state index contributed by atoms with van der Waals surface area (Å²) in [6.45, 7) is 4.39. The van der Waals surface area contributed by atoms with Crippen molar-refractivity contribution in [2.75, 3.05) is 12.4 Å². The fourth-order valence-corrected chi connectivity index (χ4v) is 1.94. The summed E-state index contributed by atoms with van der Waals surface area (Å²) in [5.74, 6) is 1.12. The summed E-state index contributed by atoms with van der Waals surface area (Å²) in [5.41, 5.74) is 1.19. The first kappa shape index (κ1) is 15.8. The number of hydrogen-bond acceptors (Lipinski definition) is 5. The van der Waals surface area contributed by atoms with Crippen LogP contribution in [0, 0.1) is 0 Å². The normalized spacial score (nSPS) is 10.4. The Kier molecular flexibility index (Phi) is 5.30. The second-order valence-corrected chi connectivity index (χ2v) is 5.10. The summed E-state index contributed by atoms with van der Waals surface area (Å²) in [6, 6.07) is 11.2. The minimum atomic E-state index is -0.269. The first-order valence-corrected chi connectivity index (χ1v) is 7.10. The zero-order valence-electron chi connectivity index (χ0n) is 13.0. The molecule has 1 aromatic carbocycles. The minimum Gasteiger partial charge on any atom is -0.496 e. The van der Waals surface area contributed by atoms with E-state index in [2.05, 4.69) is 20.8 Å². The molecule has 2 rings (SSSR count). The van der Waals surface area contributed by atoms with Gasteiger partial charge in [0, 0.05) is 18.2 Å². The highest BCUT2D eigenvalue weighted by molar-refractivity contribution is 5.92. The molecule has 2 aromatic rings. The van der Waals surface area contributed by atoms with Crippen LogP contribution < -0.4 is 15.4 Å². The number of ether oxygens (including phenoxy) is 1. The van der Waals surface area contributed by atoms with Gasteiger partial charge in [-0.3, -0.25) is 4.79 Å². The van der Waals surface area contributed by atoms with Crippen molar-refractivity contribution in [2.45, 2.75) is 26.4 Å². The van der Waals surface area contributed by atoms with E-state index in [1.165, 1.54) is 0 Å². The van der Waals surface area contributed by atoms with Gasteiger partial charge in [-0.15, -0.1) is 10.2 Å². The molecule has 22 heavy (non-hydrogen) atoms. The molecular formula is C16H20N4O2. The molecule has 0 saturated heterocycles. The van der Waals surface area contributed by atoms with Crippen molar-refractivity contribution in [3.8, 4) is 5.75 Å². The minimum absolute atomic E-state index is 0.263. The third-order valence-corrected chi connectivity index (χ3v) is 2.97. The van der Waals surface area contributed by atoms with Crippen molar-refractivity contribution in [2.24, 2.45) is 0 Å². The monoisotopic (exact) mass is 300 g/mol. The van der Waals surface area contributed by atoms with Gasteiger partial charge in [0.05, 0.1) is 7.11 Å². The number of amides is 1. The van der Waals surface area contributed by atoms with Gasteiger partial charge >= 0.3 is 0 Å². The van der Waals surface area contributed by atoms with E-state index in [4.69, 9.17) is 4.74 Å². The number of nitrogens with one attached hydrogen (secondary N) is 2. The highest BCUT2D eigenvalue weighted by atomic mass is 16.5. The van der Waals surface area contributed by atoms with Crippen LogP contribution in [0.25, 0.3) is 0 Å². The van der Waals surface area contributed by atoms with Gasteiger partial charge in [0.2, 0.25) is 0 Å². The molecule has 0 fully saturated rings. The summed E-state index contributed by atoms with van der Waals surface area (Å²) in [4.78, 5) is 12.1. The molecule has 0 bridgehead atoms. The topological polar surface area (TPSA) is 76.1 Å². The Morgan fingerprint density at radius 3 is 2.59 bits per heavy atom. The molecule has 1 heterocycles. The number of methoxy groups -OCH3 is 1. The van der Waals surface area contributed by atoms with Crippen molar-refractivity contribution in [3.05, 3.63) is 47.7 Å². The fourth-order valence-electron chi connectivity index (χ4n) is 1.94. The summed E-state index contributed by atoms with van der Waals surface area (Å²) in [6.07, 6.45) is 0. The Morgan fingerprint density at radius 2 is 1.95 bits per heavy atom. The molecule has 0 spiro atoms. The van der Waals surface area contributed by atoms with Crippen LogP contribution in [-0.2, 0) is 6.54 Å². The summed E-state index contributed by atoms with van der Waals surface area (Å²) < 4.78 is 5.25. The van der Waals surface area contributed by atoms with Crippen molar-refractivity contribution in [3.63, 3.8) is 0 Å². The van der Waals surface area contributed by atoms with Gasteiger partial charge in [-0.05, 0) is 32.0 Å². The predicted molar refractivity (Wildman–Crippen MR) is 85.0 cm³/mol. The SMILES string of the molecule is COc1ccccc1CNC(=O)c1ccc(NC(C)C)nn1. The molecule has 0 unspecified atom stereocenters. The van der Waals surface area contributed by atoms with Crippen LogP contribution in [0.3, 0.4) is 0 Å². The van der Waals surface area contributed by atoms with Crippen molar-refractivity contribution >= 4 is 11.7 Å². The number of aromatic nitrogens is 2. The first-order chi connectivity index (χ1) is 10.6. The van der Waals surface area contributed by atoms with Crippen molar-refractivity contribution < 1.29 is 9.53 Å². The molecule has 0 aliphatic heterocycles. The molecule has 0 atom stereocenters. The number of carbonyl (C=O) groups is 1. The van der Waals surface area contributed by atoms with E-state index in [1.54, 1.807) is 19.2 Å². The van der Waals surface area contributed by atoms with Gasteiger partial charge in [0.15, 0.2) is 5.69 Å². The van der Waals surface area contributed by atoms with E-state index >= 15 is 0 Å². The Bertz CT molecular complexity index is 626. The summed E-state index contributed by atoms with van der Waals surface area (Å²) >= 11 is 0. The standard InChI is InChI=1S/C16H20N4O2/c1-11(2)18-15-9-8-13(19-20-15)16(21)17-10-12-6-4-5-7-14(12)22-3/h4-9,11H,10H2,1-3H3,(H,17,21)(H,18,20). The lowest BCUT2D eigenvalue weighted by Crippen LogP contribution is -2.24. The van der Waals surface area contributed by atoms with Crippen LogP contribution in [0.15, 0.2) is 36.4 Å². The van der Waals surface area contributed by atoms with E-state index in [0.717, 1.165) is 11.3 Å². The summed E-state index contributed by atoms with van der Waals surface area (Å²) in [5, 5.41) is 13.8. The second kappa shape index (κ2) is 7.40. The Labute approximate surface area is 129 Å². The molecule has 1 amide bonds. The lowest BCUT2D eigenvalue weighted by molar-refractivity contribution is 0.0944. The van der Waals surface area contributed by atoms with Crippen LogP contribution in [0.5, 0.6) is 5.75 Å². The van der Waals surface area contributed by atoms with E-state index < -0.39 is 0 Å². The van der Waals surface area contributed by atoms with Crippen LogP contribution in [0.2, 0.25) is 0 Å². The van der Waals surface area contributed by atoms with Gasteiger partial charge in [0.25, 0.3) is 5.91 Å². The van der Waals surface area contributed by atoms with E-state index in [0.29, 0.717) is 12.4 Å². The third-order valence-electron chi connectivity index (χ3n) is 2.97. The van der Waals surface area contributed by atoms with Crippen molar-refractivity contribution in [1.82, 2.24) is 15.5 Å². The number of anilines is 1. The number of benzene rings is 1. The average molecular weight is 300 g/mol. The molecule has 6 heteroatoms. The maximum Gasteiger partial charge on any atom is 0.272 e. The predicted octanol–water partition coefficient (Wildman–Crippen LogP) is 2.24. The van der Waals surface area contributed by atoms with Crippen molar-refractivity contribution in [1.29, 1.82) is 0 Å². The smallest absolute Gasteiger partial charge is 0.272 e. The highest BCUT2D eigenvalue weighted by Gasteiger charge is 2.09. The molecule has 0 radical (unpaired) electrons. The molecular weight excluding hydrogens is 280 g/mol. The zero-order valence-corrected chi connectivity index (χ0v) is 13.0. The van der Waals surface area contributed by atoms with Gasteiger partial charge in [0.1, 0.15) is 11.6 Å². The number of para-hydroxylation sites is 1. The molecule has 1 aromatic heterocycles. The lowest BCUT2D eigenvalue weighted by Gasteiger charge is -2.10. The van der Waals surface area contributed by atoms with Gasteiger partial charge < -0.3 is 15.4 Å². The number of nitrogens with zero attached hydrogens (tertiary/aromatic N) is 2. The zero-order chi connectivity index (χ0) is 15.9. The number of rotatable bonds is 6. The Hall–Kier alpha value is -2.63. The highest BCUT2D eigenvalue weighted by Crippen LogP contribution is 2.16. The molecule has 0 aliphatic rings.